The summed E-state index contributed by atoms with van der Waals surface area (Å²) < 4.78 is 2.44. The molecule has 2 fully saturated rings. The zero-order valence-corrected chi connectivity index (χ0v) is 75.6. The quantitative estimate of drug-likeness (QED) is 0.0151. The van der Waals surface area contributed by atoms with Crippen LogP contribution < -0.4 is 86.3 Å². The molecule has 4 aromatic carbocycles. The summed E-state index contributed by atoms with van der Waals surface area (Å²) in [5.41, 5.74) is 17.6. The molecule has 12 atom stereocenters. The molecule has 41 nitrogen and oxygen atoms in total. The van der Waals surface area contributed by atoms with Gasteiger partial charge in [0.25, 0.3) is 0 Å². The minimum atomic E-state index is -2.11. The summed E-state index contributed by atoms with van der Waals surface area (Å²) in [4.78, 5) is 265. The molecule has 0 radical (unpaired) electrons. The number of aryl methyl sites for hydroxylation is 1. The van der Waals surface area contributed by atoms with Gasteiger partial charge in [-0.1, -0.05) is 100 Å². The van der Waals surface area contributed by atoms with Crippen molar-refractivity contribution in [3.05, 3.63) is 143 Å². The van der Waals surface area contributed by atoms with E-state index in [2.05, 4.69) is 79.1 Å². The van der Waals surface area contributed by atoms with Crippen LogP contribution in [0.15, 0.2) is 116 Å². The number of fused-ring (bicyclic) bond motifs is 2. The lowest BCUT2D eigenvalue weighted by Crippen LogP contribution is -2.67. The minimum Gasteiger partial charge on any atom is -0.508 e. The second-order valence-corrected chi connectivity index (χ2v) is 37.0. The molecule has 2 saturated heterocycles. The number of nitrogens with one attached hydrogen (secondary N) is 14. The number of phenolic OH excluding ortho intramolecular Hbond substituents is 1. The molecule has 17 amide bonds. The molecular weight excluding hydrogens is 1740 g/mol. The van der Waals surface area contributed by atoms with Crippen LogP contribution in [0.3, 0.4) is 0 Å². The van der Waals surface area contributed by atoms with Crippen LogP contribution in [0.25, 0.3) is 21.7 Å². The van der Waals surface area contributed by atoms with E-state index in [1.54, 1.807) is 66.9 Å². The number of hydrogen-bond donors (Lipinski definition) is 20. The van der Waals surface area contributed by atoms with Gasteiger partial charge in [-0.05, 0) is 124 Å². The van der Waals surface area contributed by atoms with Crippen molar-refractivity contribution in [2.24, 2.45) is 17.2 Å². The molecule has 23 N–H and O–H groups in total. The van der Waals surface area contributed by atoms with E-state index in [1.165, 1.54) is 78.3 Å². The normalized spacial score (nSPS) is 19.7. The van der Waals surface area contributed by atoms with Crippen LogP contribution in [-0.4, -0.2) is 258 Å². The third kappa shape index (κ3) is 30.4. The number of aliphatic hydroxyl groups excluding tert-OH is 1. The average molecular weight is 1860 g/mol. The molecule has 2 aromatic heterocycles. The maximum absolute atomic E-state index is 16.2. The number of carbonyl (C=O) groups is 18. The predicted molar refractivity (Wildman–Crippen MR) is 481 cm³/mol. The Balaban J connectivity index is 1.20. The Labute approximate surface area is 762 Å². The van der Waals surface area contributed by atoms with Crippen LogP contribution in [0.1, 0.15) is 134 Å². The number of aliphatic carboxylic acids is 1. The molecule has 0 bridgehead atoms. The van der Waals surface area contributed by atoms with Crippen molar-refractivity contribution in [2.45, 2.75) is 226 Å². The fourth-order valence-corrected chi connectivity index (χ4v) is 17.7. The first kappa shape index (κ1) is 103. The van der Waals surface area contributed by atoms with E-state index in [0.29, 0.717) is 33.0 Å². The number of aromatic hydroxyl groups is 1. The van der Waals surface area contributed by atoms with Gasteiger partial charge in [0.2, 0.25) is 100 Å². The Morgan fingerprint density at radius 2 is 1.21 bits per heavy atom. The second kappa shape index (κ2) is 47.3. The molecule has 131 heavy (non-hydrogen) atoms. The van der Waals surface area contributed by atoms with E-state index in [1.807, 2.05) is 19.1 Å². The van der Waals surface area contributed by atoms with Gasteiger partial charge in [0.05, 0.1) is 25.5 Å². The van der Waals surface area contributed by atoms with Gasteiger partial charge in [-0.3, -0.25) is 91.3 Å². The van der Waals surface area contributed by atoms with Crippen LogP contribution in [0.4, 0.5) is 0 Å². The molecule has 706 valence electrons. The number of aromatic amines is 1. The molecular formula is C88H115N19O22S2. The Hall–Kier alpha value is -13.3. The number of aromatic nitrogens is 2. The summed E-state index contributed by atoms with van der Waals surface area (Å²) in [6.45, 7) is 10.4. The number of amides is 17. The Morgan fingerprint density at radius 3 is 1.85 bits per heavy atom. The minimum absolute atomic E-state index is 0.0869. The van der Waals surface area contributed by atoms with Crippen molar-refractivity contribution in [1.29, 1.82) is 0 Å². The summed E-state index contributed by atoms with van der Waals surface area (Å²) in [6, 6.07) is 6.56. The SMILES string of the molecule is CC(=O)NCCCC[C@H]1NC(=O)[C@@H](Cc2c[nH]c3c(C)cccc23)NC(=O)[C@@H]([C@H](C)O)NC(=O)[C@@H](CC(N)=O)NC(=O)[C@H](NC(C)=O)C(C)(C)SSC(C)(C)[C@H](C(=O)N[C@H](Cc2ccc(O)cc2)C(=O)N[C@H](Cc2ccc3ccccc3c2)C(=O)NC2(C(=O)N[C@H](CCC(=O)O)C(=O)N[C@H](CC(N)=O)C(=O)N[C@H](Cc3cccnc3)C(=O)N(C)CC(N)=O)CCOCC2)NC1=O. The lowest BCUT2D eigenvalue weighted by atomic mass is 9.87. The summed E-state index contributed by atoms with van der Waals surface area (Å²) >= 11 is 0. The number of aliphatic hydroxyl groups is 1. The summed E-state index contributed by atoms with van der Waals surface area (Å²) in [7, 11) is 2.98. The van der Waals surface area contributed by atoms with Gasteiger partial charge in [0.1, 0.15) is 77.7 Å². The van der Waals surface area contributed by atoms with E-state index in [-0.39, 0.29) is 88.3 Å². The number of carbonyl (C=O) groups excluding carboxylic acids is 17. The van der Waals surface area contributed by atoms with Gasteiger partial charge in [-0.25, -0.2) is 0 Å². The number of H-pyrrole nitrogens is 1. The molecule has 4 heterocycles. The van der Waals surface area contributed by atoms with E-state index in [9.17, 15) is 72.9 Å². The fourth-order valence-electron chi connectivity index (χ4n) is 14.9. The van der Waals surface area contributed by atoms with Crippen molar-refractivity contribution in [3.63, 3.8) is 0 Å². The molecule has 2 aliphatic rings. The van der Waals surface area contributed by atoms with Crippen LogP contribution >= 0.6 is 21.6 Å². The van der Waals surface area contributed by atoms with Crippen LogP contribution in [-0.2, 0) is 117 Å². The zero-order valence-electron chi connectivity index (χ0n) is 74.0. The lowest BCUT2D eigenvalue weighted by molar-refractivity contribution is -0.142. The maximum Gasteiger partial charge on any atom is 0.303 e. The van der Waals surface area contributed by atoms with E-state index in [4.69, 9.17) is 21.9 Å². The second-order valence-electron chi connectivity index (χ2n) is 33.6. The molecule has 0 saturated carbocycles. The molecule has 0 unspecified atom stereocenters. The molecule has 43 heteroatoms. The lowest BCUT2D eigenvalue weighted by Gasteiger charge is -2.39. The summed E-state index contributed by atoms with van der Waals surface area (Å²) in [6.07, 6.45) is -2.71. The highest BCUT2D eigenvalue weighted by molar-refractivity contribution is 8.77. The summed E-state index contributed by atoms with van der Waals surface area (Å²) in [5.74, 6) is -19.2. The van der Waals surface area contributed by atoms with Crippen molar-refractivity contribution >= 4 is 150 Å². The number of para-hydroxylation sites is 1. The van der Waals surface area contributed by atoms with Crippen LogP contribution in [0, 0.1) is 6.92 Å². The van der Waals surface area contributed by atoms with E-state index >= 15 is 28.8 Å². The largest absolute Gasteiger partial charge is 0.508 e. The zero-order chi connectivity index (χ0) is 96.4. The third-order valence-electron chi connectivity index (χ3n) is 22.0. The first-order valence-electron chi connectivity index (χ1n) is 42.3. The first-order chi connectivity index (χ1) is 61.8. The number of likely N-dealkylation sites (N-methyl/N-ethyl adjacent to an activating group) is 1. The highest BCUT2D eigenvalue weighted by Gasteiger charge is 2.49. The van der Waals surface area contributed by atoms with Crippen molar-refractivity contribution < 1.29 is 106 Å². The monoisotopic (exact) mass is 1850 g/mol. The Bertz CT molecular complexity index is 5210. The van der Waals surface area contributed by atoms with Crippen molar-refractivity contribution in [1.82, 2.24) is 84.0 Å². The number of nitrogens with two attached hydrogens (primary N) is 3. The number of hydrogen-bond acceptors (Lipinski definition) is 24. The van der Waals surface area contributed by atoms with Gasteiger partial charge >= 0.3 is 5.97 Å². The van der Waals surface area contributed by atoms with Gasteiger partial charge in [-0.15, -0.1) is 0 Å². The number of carboxylic acid groups (broad SMARTS) is 1. The smallest absolute Gasteiger partial charge is 0.303 e. The number of benzene rings is 4. The van der Waals surface area contributed by atoms with Gasteiger partial charge < -0.3 is 116 Å². The van der Waals surface area contributed by atoms with E-state index < -0.39 is 227 Å². The number of ether oxygens (including phenoxy) is 1. The van der Waals surface area contributed by atoms with E-state index in [0.717, 1.165) is 51.3 Å². The summed E-state index contributed by atoms with van der Waals surface area (Å²) in [5, 5.41) is 68.0. The number of unbranched alkanes of at least 4 members (excludes halogenated alkanes) is 1. The number of rotatable bonds is 37. The number of carboxylic acids is 1. The van der Waals surface area contributed by atoms with Crippen LogP contribution in [0.5, 0.6) is 5.75 Å². The highest BCUT2D eigenvalue weighted by Crippen LogP contribution is 2.47. The number of primary amides is 3. The van der Waals surface area contributed by atoms with Gasteiger partial charge in [0, 0.05) is 125 Å². The van der Waals surface area contributed by atoms with Gasteiger partial charge in [0.15, 0.2) is 0 Å². The topological polar surface area (TPSA) is 644 Å². The molecule has 8 rings (SSSR count). The highest BCUT2D eigenvalue weighted by atomic mass is 33.1. The number of pyridine rings is 1. The molecule has 2 aliphatic heterocycles. The fraction of sp³-hybridized carbons (Fsp3) is 0.466. The Morgan fingerprint density at radius 1 is 0.611 bits per heavy atom. The van der Waals surface area contributed by atoms with Crippen LogP contribution in [0.2, 0.25) is 0 Å². The van der Waals surface area contributed by atoms with Crippen molar-refractivity contribution in [3.8, 4) is 5.75 Å². The average Bonchev–Trinajstić information content (AvgIpc) is 1.74. The number of nitrogens with zero attached hydrogens (tertiary/aromatic N) is 2. The predicted octanol–water partition coefficient (Wildman–Crippen LogP) is -1.78. The Kier molecular flexibility index (Phi) is 37.2. The molecule has 0 spiro atoms. The number of phenols is 1. The first-order valence-corrected chi connectivity index (χ1v) is 44.5. The maximum atomic E-state index is 16.2. The molecule has 0 aliphatic carbocycles. The standard InChI is InChI=1S/C88H115N19O22S2/c1-46-16-14-20-57-55(44-94-70(46)57)40-62-77(120)96-58(21-12-13-33-93-48(3)109)75(118)105-73(87(7,8)131-130-86(5,6)72(95-49(4)110)82(125)101-64(42-67(90)113)79(122)104-71(47(2)108)81(124)99-62)83(126)100-60(37-50-23-26-56(111)27-24-50)76(119)97-61(38-51-22-25-53-18-10-11-19-54(53)36-51)80(123)106-88(30-34-129-35-31-88)85(128)103-59(28-29-69(115)116)74(117)98-63(41-66(89)112)78(121)102-65(39-52-17-15-32-92-43-52)84(127)107(9)45-68(91)114/h10-11,14-20,22-27,32,36,43-44,47,58-65,71-73,94,108,111H,12-13,21,28-31,33-35,37-42,45H2,1-9H3,(H2,89,112)(H2,90,113)(H2,91,114)(H,93,109)(H,95,110)(H,96,120)(H,97,119)(H,98,117)(H,99,124)(H,100,126)(H,101,125)(H,102,121)(H,103,128)(H,104,122)(H,105,118)(H,106,123)(H,115,116)/t47-,58+,59+,60+,61+,62+,63+,64+,65+,71+,72-,73-/m0/s1. The van der Waals surface area contributed by atoms with Crippen molar-refractivity contribution in [2.75, 3.05) is 33.4 Å². The van der Waals surface area contributed by atoms with Gasteiger partial charge in [-0.2, -0.15) is 0 Å². The molecule has 6 aromatic rings. The third-order valence-corrected chi connectivity index (χ3v) is 26.2.